The Labute approximate surface area is 237 Å². The molecule has 0 saturated heterocycles. The van der Waals surface area contributed by atoms with Crippen molar-refractivity contribution in [3.8, 4) is 0 Å². The van der Waals surface area contributed by atoms with Gasteiger partial charge in [0.15, 0.2) is 0 Å². The quantitative estimate of drug-likeness (QED) is 0.399. The zero-order valence-electron chi connectivity index (χ0n) is 24.1. The first kappa shape index (κ1) is 28.3. The molecule has 214 valence electrons. The lowest BCUT2D eigenvalue weighted by molar-refractivity contribution is -0.137. The van der Waals surface area contributed by atoms with Crippen molar-refractivity contribution in [3.63, 3.8) is 0 Å². The molecule has 1 aromatic rings. The Morgan fingerprint density at radius 3 is 2.38 bits per heavy atom. The van der Waals surface area contributed by atoms with Gasteiger partial charge < -0.3 is 15.3 Å². The van der Waals surface area contributed by atoms with Gasteiger partial charge >= 0.3 is 5.97 Å². The molecule has 2 fully saturated rings. The zero-order chi connectivity index (χ0) is 28.4. The standard InChI is InChI=1S/C33H43N3O4/c1-4-28(25-9-13-27(14-10-25)31(39)34-20-17-29(37)38)36-32(40)30(26-11-7-24(8-12-26)23-5-6-23)35-33(36)18-15-22(16-19-33)21(2)3/h7-13,21-23,27-28H,4-6,14-20H2,1-3H3,(H,34,39)(H,37,38). The molecule has 5 rings (SSSR count). The number of carbonyl (C=O) groups is 3. The topological polar surface area (TPSA) is 99.1 Å². The highest BCUT2D eigenvalue weighted by molar-refractivity contribution is 6.46. The minimum Gasteiger partial charge on any atom is -0.481 e. The zero-order valence-corrected chi connectivity index (χ0v) is 24.1. The monoisotopic (exact) mass is 545 g/mol. The van der Waals surface area contributed by atoms with Crippen molar-refractivity contribution in [1.29, 1.82) is 0 Å². The van der Waals surface area contributed by atoms with Crippen molar-refractivity contribution in [2.45, 2.75) is 96.2 Å². The molecule has 1 spiro atoms. The summed E-state index contributed by atoms with van der Waals surface area (Å²) in [6.45, 7) is 6.82. The van der Waals surface area contributed by atoms with E-state index in [9.17, 15) is 14.4 Å². The number of hydrogen-bond donors (Lipinski definition) is 2. The maximum atomic E-state index is 14.2. The van der Waals surface area contributed by atoms with Crippen molar-refractivity contribution in [3.05, 3.63) is 59.2 Å². The summed E-state index contributed by atoms with van der Waals surface area (Å²) in [5.74, 6) is 0.511. The van der Waals surface area contributed by atoms with E-state index in [1.54, 1.807) is 0 Å². The van der Waals surface area contributed by atoms with Gasteiger partial charge in [0.1, 0.15) is 11.4 Å². The van der Waals surface area contributed by atoms with Crippen molar-refractivity contribution in [2.75, 3.05) is 6.54 Å². The number of rotatable bonds is 10. The maximum Gasteiger partial charge on any atom is 0.305 e. The highest BCUT2D eigenvalue weighted by Crippen LogP contribution is 2.46. The predicted molar refractivity (Wildman–Crippen MR) is 156 cm³/mol. The molecule has 40 heavy (non-hydrogen) atoms. The fourth-order valence-corrected chi connectivity index (χ4v) is 6.75. The Hall–Kier alpha value is -3.22. The summed E-state index contributed by atoms with van der Waals surface area (Å²) in [5, 5.41) is 11.6. The molecular formula is C33H43N3O4. The Bertz CT molecular complexity index is 1220. The predicted octanol–water partition coefficient (Wildman–Crippen LogP) is 5.61. The largest absolute Gasteiger partial charge is 0.481 e. The lowest BCUT2D eigenvalue weighted by Crippen LogP contribution is -2.54. The highest BCUT2D eigenvalue weighted by atomic mass is 16.4. The van der Waals surface area contributed by atoms with Crippen molar-refractivity contribution >= 4 is 23.5 Å². The molecule has 1 heterocycles. The molecule has 0 aromatic heterocycles. The minimum absolute atomic E-state index is 0.0110. The van der Waals surface area contributed by atoms with E-state index >= 15 is 0 Å². The second kappa shape index (κ2) is 11.7. The summed E-state index contributed by atoms with van der Waals surface area (Å²) in [5.41, 5.74) is 3.36. The maximum absolute atomic E-state index is 14.2. The van der Waals surface area contributed by atoms with Crippen LogP contribution in [0.2, 0.25) is 0 Å². The van der Waals surface area contributed by atoms with E-state index < -0.39 is 11.6 Å². The van der Waals surface area contributed by atoms with Gasteiger partial charge in [-0.2, -0.15) is 0 Å². The van der Waals surface area contributed by atoms with Crippen molar-refractivity contribution in [2.24, 2.45) is 22.7 Å². The van der Waals surface area contributed by atoms with Crippen LogP contribution in [0.5, 0.6) is 0 Å². The first-order valence-corrected chi connectivity index (χ1v) is 15.1. The van der Waals surface area contributed by atoms with Crippen LogP contribution >= 0.6 is 0 Å². The van der Waals surface area contributed by atoms with E-state index in [0.29, 0.717) is 29.9 Å². The molecule has 2 N–H and O–H groups in total. The summed E-state index contributed by atoms with van der Waals surface area (Å²) < 4.78 is 0. The average molecular weight is 546 g/mol. The number of aliphatic carboxylic acids is 1. The normalized spacial score (nSPS) is 27.1. The number of allylic oxidation sites excluding steroid dienone is 1. The van der Waals surface area contributed by atoms with E-state index in [0.717, 1.165) is 43.2 Å². The Morgan fingerprint density at radius 1 is 1.12 bits per heavy atom. The smallest absolute Gasteiger partial charge is 0.305 e. The molecule has 2 amide bonds. The van der Waals surface area contributed by atoms with Gasteiger partial charge in [-0.15, -0.1) is 0 Å². The number of carbonyl (C=O) groups excluding carboxylic acids is 2. The van der Waals surface area contributed by atoms with Gasteiger partial charge in [-0.1, -0.05) is 63.3 Å². The number of hydrogen-bond acceptors (Lipinski definition) is 4. The number of nitrogens with zero attached hydrogens (tertiary/aromatic N) is 2. The highest BCUT2D eigenvalue weighted by Gasteiger charge is 2.52. The van der Waals surface area contributed by atoms with E-state index in [1.807, 2.05) is 12.2 Å². The summed E-state index contributed by atoms with van der Waals surface area (Å²) in [6.07, 6.45) is 13.5. The summed E-state index contributed by atoms with van der Waals surface area (Å²) in [7, 11) is 0. The molecule has 1 aromatic carbocycles. The van der Waals surface area contributed by atoms with Crippen molar-refractivity contribution < 1.29 is 19.5 Å². The van der Waals surface area contributed by atoms with E-state index in [1.165, 1.54) is 18.4 Å². The third-order valence-electron chi connectivity index (χ3n) is 9.38. The van der Waals surface area contributed by atoms with Gasteiger partial charge in [-0.25, -0.2) is 0 Å². The van der Waals surface area contributed by atoms with E-state index in [2.05, 4.69) is 61.3 Å². The molecule has 2 saturated carbocycles. The SMILES string of the molecule is CCC(C1=CCC(C(=O)NCCC(=O)O)C=C1)N1C(=O)C(c2ccc(C3CC3)cc2)=NC12CCC(C(C)C)CC2. The van der Waals surface area contributed by atoms with Crippen LogP contribution in [-0.2, 0) is 14.4 Å². The number of aliphatic imine (C=N–C) groups is 1. The fraction of sp³-hybridized carbons (Fsp3) is 0.576. The van der Waals surface area contributed by atoms with Crippen LogP contribution in [0.15, 0.2) is 53.1 Å². The molecular weight excluding hydrogens is 502 g/mol. The van der Waals surface area contributed by atoms with Crippen LogP contribution in [-0.4, -0.2) is 51.8 Å². The molecule has 1 aliphatic heterocycles. The first-order chi connectivity index (χ1) is 19.2. The molecule has 2 unspecified atom stereocenters. The van der Waals surface area contributed by atoms with Crippen LogP contribution in [0.4, 0.5) is 0 Å². The summed E-state index contributed by atoms with van der Waals surface area (Å²) in [6, 6.07) is 8.37. The lowest BCUT2D eigenvalue weighted by Gasteiger charge is -2.46. The average Bonchev–Trinajstić information content (AvgIpc) is 3.76. The third-order valence-corrected chi connectivity index (χ3v) is 9.38. The fourth-order valence-electron chi connectivity index (χ4n) is 6.75. The van der Waals surface area contributed by atoms with Crippen LogP contribution < -0.4 is 5.32 Å². The number of nitrogens with one attached hydrogen (secondary N) is 1. The number of amides is 2. The van der Waals surface area contributed by atoms with Crippen molar-refractivity contribution in [1.82, 2.24) is 10.2 Å². The van der Waals surface area contributed by atoms with Gasteiger partial charge in [-0.05, 0) is 80.3 Å². The summed E-state index contributed by atoms with van der Waals surface area (Å²) in [4.78, 5) is 45.0. The van der Waals surface area contributed by atoms with Crippen LogP contribution in [0.3, 0.4) is 0 Å². The first-order valence-electron chi connectivity index (χ1n) is 15.1. The van der Waals surface area contributed by atoms with E-state index in [-0.39, 0.29) is 36.7 Å². The van der Waals surface area contributed by atoms with Gasteiger partial charge in [0.25, 0.3) is 5.91 Å². The third kappa shape index (κ3) is 5.79. The molecule has 4 aliphatic rings. The Morgan fingerprint density at radius 2 is 1.82 bits per heavy atom. The summed E-state index contributed by atoms with van der Waals surface area (Å²) >= 11 is 0. The number of carboxylic acid groups (broad SMARTS) is 1. The second-order valence-electron chi connectivity index (χ2n) is 12.4. The lowest BCUT2D eigenvalue weighted by atomic mass is 9.75. The molecule has 7 heteroatoms. The Kier molecular flexibility index (Phi) is 8.29. The molecule has 3 aliphatic carbocycles. The van der Waals surface area contributed by atoms with Gasteiger partial charge in [0.05, 0.1) is 18.4 Å². The molecule has 7 nitrogen and oxygen atoms in total. The van der Waals surface area contributed by atoms with Gasteiger partial charge in [0, 0.05) is 12.1 Å². The van der Waals surface area contributed by atoms with Gasteiger partial charge in [0.2, 0.25) is 5.91 Å². The van der Waals surface area contributed by atoms with Crippen LogP contribution in [0, 0.1) is 17.8 Å². The van der Waals surface area contributed by atoms with E-state index in [4.69, 9.17) is 10.1 Å². The second-order valence-corrected chi connectivity index (χ2v) is 12.4. The molecule has 0 radical (unpaired) electrons. The van der Waals surface area contributed by atoms with Crippen LogP contribution in [0.25, 0.3) is 0 Å². The van der Waals surface area contributed by atoms with Crippen LogP contribution in [0.1, 0.15) is 95.6 Å². The Balaban J connectivity index is 1.38. The number of carboxylic acids is 1. The molecule has 0 bridgehead atoms. The number of benzene rings is 1. The van der Waals surface area contributed by atoms with Gasteiger partial charge in [-0.3, -0.25) is 19.4 Å². The molecule has 2 atom stereocenters. The minimum atomic E-state index is -0.931.